The maximum atomic E-state index is 13.3. The van der Waals surface area contributed by atoms with Gasteiger partial charge in [0.2, 0.25) is 5.91 Å². The predicted octanol–water partition coefficient (Wildman–Crippen LogP) is 3.71. The molecule has 1 aromatic carbocycles. The summed E-state index contributed by atoms with van der Waals surface area (Å²) in [5.41, 5.74) is 7.43. The number of nitrogens with zero attached hydrogens (tertiary/aromatic N) is 4. The van der Waals surface area contributed by atoms with Gasteiger partial charge in [0.1, 0.15) is 5.69 Å². The first-order valence-electron chi connectivity index (χ1n) is 12.7. The number of amides is 1. The summed E-state index contributed by atoms with van der Waals surface area (Å²) < 4.78 is 5.45. The number of rotatable bonds is 6. The maximum Gasteiger partial charge on any atom is 0.243 e. The molecule has 2 aliphatic rings. The van der Waals surface area contributed by atoms with E-state index in [0.29, 0.717) is 19.1 Å². The van der Waals surface area contributed by atoms with Gasteiger partial charge in [-0.05, 0) is 56.2 Å². The molecule has 2 aromatic heterocycles. The second-order valence-corrected chi connectivity index (χ2v) is 9.71. The van der Waals surface area contributed by atoms with Gasteiger partial charge in [-0.3, -0.25) is 14.8 Å². The Morgan fingerprint density at radius 3 is 2.82 bits per heavy atom. The van der Waals surface area contributed by atoms with Crippen LogP contribution in [0.3, 0.4) is 0 Å². The summed E-state index contributed by atoms with van der Waals surface area (Å²) >= 11 is 0. The van der Waals surface area contributed by atoms with Crippen molar-refractivity contribution in [2.75, 3.05) is 38.3 Å². The number of carbonyl (C=O) groups is 1. The van der Waals surface area contributed by atoms with Crippen LogP contribution in [0, 0.1) is 5.92 Å². The van der Waals surface area contributed by atoms with Crippen LogP contribution < -0.4 is 4.90 Å². The van der Waals surface area contributed by atoms with Crippen molar-refractivity contribution in [3.05, 3.63) is 29.0 Å². The lowest BCUT2D eigenvalue weighted by molar-refractivity contribution is -0.124. The van der Waals surface area contributed by atoms with E-state index in [1.165, 1.54) is 24.1 Å². The van der Waals surface area contributed by atoms with E-state index in [1.54, 1.807) is 4.90 Å². The average molecular weight is 465 g/mol. The molecule has 34 heavy (non-hydrogen) atoms. The molecule has 5 rings (SSSR count). The number of carbonyl (C=O) groups excluding carboxylic acids is 1. The highest BCUT2D eigenvalue weighted by molar-refractivity contribution is 5.98. The minimum atomic E-state index is -0.186. The van der Waals surface area contributed by atoms with Crippen molar-refractivity contribution in [2.45, 2.75) is 58.9 Å². The smallest absolute Gasteiger partial charge is 0.243 e. The van der Waals surface area contributed by atoms with Crippen molar-refractivity contribution in [1.29, 1.82) is 0 Å². The van der Waals surface area contributed by atoms with Gasteiger partial charge in [0.25, 0.3) is 0 Å². The monoisotopic (exact) mass is 464 g/mol. The van der Waals surface area contributed by atoms with Gasteiger partial charge in [-0.2, -0.15) is 5.10 Å². The molecule has 2 N–H and O–H groups in total. The van der Waals surface area contributed by atoms with Gasteiger partial charge in [-0.15, -0.1) is 0 Å². The van der Waals surface area contributed by atoms with Crippen molar-refractivity contribution in [3.63, 3.8) is 0 Å². The van der Waals surface area contributed by atoms with E-state index < -0.39 is 0 Å². The van der Waals surface area contributed by atoms with Gasteiger partial charge in [-0.1, -0.05) is 20.3 Å². The number of hydrogen-bond acceptors (Lipinski definition) is 5. The molecule has 0 saturated carbocycles. The molecule has 2 atom stereocenters. The second kappa shape index (κ2) is 9.50. The van der Waals surface area contributed by atoms with Crippen LogP contribution in [-0.2, 0) is 28.8 Å². The number of aromatic nitrogens is 4. The van der Waals surface area contributed by atoms with Gasteiger partial charge in [-0.25, -0.2) is 4.98 Å². The summed E-state index contributed by atoms with van der Waals surface area (Å²) in [5.74, 6) is 1.61. The zero-order valence-electron chi connectivity index (χ0n) is 20.8. The van der Waals surface area contributed by atoms with Crippen LogP contribution >= 0.6 is 0 Å². The van der Waals surface area contributed by atoms with Crippen molar-refractivity contribution < 1.29 is 9.53 Å². The average Bonchev–Trinajstić information content (AvgIpc) is 3.50. The summed E-state index contributed by atoms with van der Waals surface area (Å²) in [6.07, 6.45) is 5.36. The zero-order chi connectivity index (χ0) is 23.8. The molecular weight excluding hydrogens is 428 g/mol. The fourth-order valence-electron chi connectivity index (χ4n) is 5.39. The third kappa shape index (κ3) is 4.14. The number of hydrogen-bond donors (Lipinski definition) is 2. The molecular formula is C26H36N6O2. The Labute approximate surface area is 201 Å². The van der Waals surface area contributed by atoms with Gasteiger partial charge in [0.05, 0.1) is 30.3 Å². The first-order chi connectivity index (χ1) is 16.5. The highest BCUT2D eigenvalue weighted by Crippen LogP contribution is 2.34. The number of H-pyrrole nitrogens is 2. The van der Waals surface area contributed by atoms with Crippen molar-refractivity contribution >= 4 is 22.6 Å². The third-order valence-corrected chi connectivity index (χ3v) is 7.75. The molecule has 1 fully saturated rings. The number of benzene rings is 1. The van der Waals surface area contributed by atoms with Crippen molar-refractivity contribution in [1.82, 2.24) is 25.1 Å². The Kier molecular flexibility index (Phi) is 6.44. The number of aryl methyl sites for hydroxylation is 2. The minimum absolute atomic E-state index is 0.0926. The van der Waals surface area contributed by atoms with Crippen LogP contribution in [-0.4, -0.2) is 70.4 Å². The molecule has 8 nitrogen and oxygen atoms in total. The Morgan fingerprint density at radius 1 is 1.29 bits per heavy atom. The fraction of sp³-hybridized carbons (Fsp3) is 0.577. The molecule has 0 spiro atoms. The molecule has 0 radical (unpaired) electrons. The van der Waals surface area contributed by atoms with Crippen LogP contribution in [0.5, 0.6) is 0 Å². The molecule has 1 aliphatic heterocycles. The van der Waals surface area contributed by atoms with Crippen LogP contribution in [0.25, 0.3) is 22.6 Å². The Hall–Kier alpha value is -2.71. The third-order valence-electron chi connectivity index (χ3n) is 7.75. The lowest BCUT2D eigenvalue weighted by Gasteiger charge is -2.33. The number of likely N-dealkylation sites (N-methyl/N-ethyl adjacent to an activating group) is 1. The largest absolute Gasteiger partial charge is 0.379 e. The summed E-state index contributed by atoms with van der Waals surface area (Å²) in [4.78, 5) is 25.8. The van der Waals surface area contributed by atoms with Gasteiger partial charge < -0.3 is 14.6 Å². The van der Waals surface area contributed by atoms with E-state index in [1.807, 2.05) is 20.0 Å². The Balaban J connectivity index is 1.46. The summed E-state index contributed by atoms with van der Waals surface area (Å²) in [5, 5.41) is 7.90. The molecule has 0 unspecified atom stereocenters. The Morgan fingerprint density at radius 2 is 2.09 bits per heavy atom. The SMILES string of the molecule is CCc1cc(N(C)C(=O)[C@H](C)N2CCOCC2)cc2[nH]c(-c3n[nH]c4c3C[C@@H](CC)CC4)nc12. The highest BCUT2D eigenvalue weighted by Gasteiger charge is 2.28. The first kappa shape index (κ1) is 23.1. The number of imidazole rings is 1. The van der Waals surface area contributed by atoms with E-state index in [0.717, 1.165) is 66.2 Å². The van der Waals surface area contributed by atoms with E-state index in [9.17, 15) is 4.79 Å². The number of anilines is 1. The molecule has 0 bridgehead atoms. The molecule has 1 amide bonds. The van der Waals surface area contributed by atoms with Gasteiger partial charge in [0, 0.05) is 37.1 Å². The van der Waals surface area contributed by atoms with E-state index in [2.05, 4.69) is 40.0 Å². The number of morpholine rings is 1. The molecule has 3 heterocycles. The number of fused-ring (bicyclic) bond motifs is 2. The van der Waals surface area contributed by atoms with Crippen molar-refractivity contribution in [2.24, 2.45) is 5.92 Å². The van der Waals surface area contributed by atoms with Crippen LogP contribution in [0.4, 0.5) is 5.69 Å². The van der Waals surface area contributed by atoms with Gasteiger partial charge in [0.15, 0.2) is 5.82 Å². The van der Waals surface area contributed by atoms with Crippen LogP contribution in [0.15, 0.2) is 12.1 Å². The van der Waals surface area contributed by atoms with E-state index in [-0.39, 0.29) is 11.9 Å². The number of aromatic amines is 2. The van der Waals surface area contributed by atoms with Gasteiger partial charge >= 0.3 is 0 Å². The normalized spacial score (nSPS) is 19.8. The lowest BCUT2D eigenvalue weighted by Crippen LogP contribution is -2.50. The van der Waals surface area contributed by atoms with Crippen LogP contribution in [0.2, 0.25) is 0 Å². The molecule has 8 heteroatoms. The molecule has 3 aromatic rings. The maximum absolute atomic E-state index is 13.3. The Bertz CT molecular complexity index is 1180. The highest BCUT2D eigenvalue weighted by atomic mass is 16.5. The topological polar surface area (TPSA) is 90.1 Å². The summed E-state index contributed by atoms with van der Waals surface area (Å²) in [7, 11) is 1.87. The predicted molar refractivity (Wildman–Crippen MR) is 134 cm³/mol. The number of ether oxygens (including phenoxy) is 1. The minimum Gasteiger partial charge on any atom is -0.379 e. The van der Waals surface area contributed by atoms with Crippen LogP contribution in [0.1, 0.15) is 50.4 Å². The lowest BCUT2D eigenvalue weighted by atomic mass is 9.85. The molecule has 1 aliphatic carbocycles. The second-order valence-electron chi connectivity index (χ2n) is 9.71. The van der Waals surface area contributed by atoms with E-state index in [4.69, 9.17) is 9.72 Å². The summed E-state index contributed by atoms with van der Waals surface area (Å²) in [6.45, 7) is 9.33. The zero-order valence-corrected chi connectivity index (χ0v) is 20.8. The fourth-order valence-corrected chi connectivity index (χ4v) is 5.39. The standard InChI is InChI=1S/C26H36N6O2/c1-5-17-7-8-21-20(13-17)24(30-29-21)25-27-22-15-19(14-18(6-2)23(22)28-25)31(4)26(33)16(3)32-9-11-34-12-10-32/h14-17H,5-13H2,1-4H3,(H,27,28)(H,29,30)/t16-,17-/m0/s1. The van der Waals surface area contributed by atoms with Crippen molar-refractivity contribution in [3.8, 4) is 11.5 Å². The molecule has 1 saturated heterocycles. The summed E-state index contributed by atoms with van der Waals surface area (Å²) in [6, 6.07) is 3.96. The molecule has 182 valence electrons. The number of nitrogens with one attached hydrogen (secondary N) is 2. The van der Waals surface area contributed by atoms with E-state index >= 15 is 0 Å². The first-order valence-corrected chi connectivity index (χ1v) is 12.7. The quantitative estimate of drug-likeness (QED) is 0.580.